The van der Waals surface area contributed by atoms with E-state index in [9.17, 15) is 9.59 Å². The van der Waals surface area contributed by atoms with Crippen molar-refractivity contribution < 1.29 is 19.1 Å². The zero-order valence-electron chi connectivity index (χ0n) is 19.8. The van der Waals surface area contributed by atoms with Gasteiger partial charge in [-0.05, 0) is 49.2 Å². The molecule has 0 spiro atoms. The minimum Gasteiger partial charge on any atom is -0.493 e. The Kier molecular flexibility index (Phi) is 8.81. The molecule has 2 amide bonds. The standard InChI is InChI=1S/C26H29N3O4S/c1-5-15-33-23-13-11-20(16-24(23)32-4)18(2)27-25(31)14-12-21-17-34-26(28-21)29(19(3)30)22-9-7-6-8-10-22/h6-14,16-18H,5,15H2,1-4H3,(H,27,31)/b14-12+. The molecule has 34 heavy (non-hydrogen) atoms. The maximum Gasteiger partial charge on any atom is 0.244 e. The van der Waals surface area contributed by atoms with Crippen molar-refractivity contribution in [2.75, 3.05) is 18.6 Å². The first-order valence-corrected chi connectivity index (χ1v) is 11.9. The SMILES string of the molecule is CCCOc1ccc(C(C)NC(=O)/C=C/c2csc(N(C(C)=O)c3ccccc3)n2)cc1OC. The molecule has 1 atom stereocenters. The number of benzene rings is 2. The van der Waals surface area contributed by atoms with Gasteiger partial charge in [-0.25, -0.2) is 4.98 Å². The highest BCUT2D eigenvalue weighted by atomic mass is 32.1. The van der Waals surface area contributed by atoms with E-state index in [1.807, 2.05) is 62.4 Å². The van der Waals surface area contributed by atoms with Crippen molar-refractivity contribution in [2.24, 2.45) is 0 Å². The fourth-order valence-corrected chi connectivity index (χ4v) is 4.11. The Labute approximate surface area is 204 Å². The molecule has 1 unspecified atom stereocenters. The third kappa shape index (κ3) is 6.45. The molecule has 0 fully saturated rings. The van der Waals surface area contributed by atoms with E-state index < -0.39 is 0 Å². The molecule has 3 aromatic rings. The monoisotopic (exact) mass is 479 g/mol. The largest absolute Gasteiger partial charge is 0.493 e. The molecule has 7 nitrogen and oxygen atoms in total. The molecule has 0 aliphatic rings. The van der Waals surface area contributed by atoms with Gasteiger partial charge in [0.15, 0.2) is 16.6 Å². The average molecular weight is 480 g/mol. The van der Waals surface area contributed by atoms with Crippen LogP contribution in [0.5, 0.6) is 11.5 Å². The number of nitrogens with zero attached hydrogens (tertiary/aromatic N) is 2. The van der Waals surface area contributed by atoms with E-state index in [2.05, 4.69) is 10.3 Å². The van der Waals surface area contributed by atoms with E-state index in [0.29, 0.717) is 28.9 Å². The van der Waals surface area contributed by atoms with Crippen LogP contribution in [-0.4, -0.2) is 30.5 Å². The van der Waals surface area contributed by atoms with Gasteiger partial charge < -0.3 is 14.8 Å². The van der Waals surface area contributed by atoms with E-state index in [1.54, 1.807) is 23.5 Å². The minimum absolute atomic E-state index is 0.135. The number of thiazole rings is 1. The van der Waals surface area contributed by atoms with Crippen LogP contribution in [0.4, 0.5) is 10.8 Å². The number of hydrogen-bond acceptors (Lipinski definition) is 6. The maximum absolute atomic E-state index is 12.5. The quantitative estimate of drug-likeness (QED) is 0.388. The summed E-state index contributed by atoms with van der Waals surface area (Å²) < 4.78 is 11.1. The van der Waals surface area contributed by atoms with Gasteiger partial charge in [0.2, 0.25) is 11.8 Å². The molecule has 1 aromatic heterocycles. The van der Waals surface area contributed by atoms with Gasteiger partial charge in [-0.3, -0.25) is 14.5 Å². The first-order chi connectivity index (χ1) is 16.4. The molecular formula is C26H29N3O4S. The van der Waals surface area contributed by atoms with E-state index >= 15 is 0 Å². The lowest BCUT2D eigenvalue weighted by atomic mass is 10.1. The molecule has 3 rings (SSSR count). The molecule has 0 radical (unpaired) electrons. The van der Waals surface area contributed by atoms with Gasteiger partial charge in [0.1, 0.15) is 0 Å². The van der Waals surface area contributed by atoms with Gasteiger partial charge in [-0.1, -0.05) is 31.2 Å². The van der Waals surface area contributed by atoms with Crippen LogP contribution < -0.4 is 19.7 Å². The predicted molar refractivity (Wildman–Crippen MR) is 136 cm³/mol. The van der Waals surface area contributed by atoms with Crippen LogP contribution >= 0.6 is 11.3 Å². The molecule has 0 saturated carbocycles. The maximum atomic E-state index is 12.5. The number of nitrogens with one attached hydrogen (secondary N) is 1. The number of methoxy groups -OCH3 is 1. The minimum atomic E-state index is -0.251. The van der Waals surface area contributed by atoms with E-state index in [-0.39, 0.29) is 17.9 Å². The van der Waals surface area contributed by atoms with Gasteiger partial charge in [0.05, 0.1) is 31.1 Å². The Bertz CT molecular complexity index is 1140. The van der Waals surface area contributed by atoms with E-state index in [1.165, 1.54) is 24.3 Å². The third-order valence-electron chi connectivity index (χ3n) is 4.94. The van der Waals surface area contributed by atoms with Gasteiger partial charge in [-0.15, -0.1) is 11.3 Å². The molecule has 0 saturated heterocycles. The van der Waals surface area contributed by atoms with Gasteiger partial charge in [0.25, 0.3) is 0 Å². The predicted octanol–water partition coefficient (Wildman–Crippen LogP) is 5.52. The summed E-state index contributed by atoms with van der Waals surface area (Å²) in [5.74, 6) is 0.926. The van der Waals surface area contributed by atoms with Crippen LogP contribution in [0.3, 0.4) is 0 Å². The van der Waals surface area contributed by atoms with Crippen LogP contribution in [0.1, 0.15) is 44.5 Å². The summed E-state index contributed by atoms with van der Waals surface area (Å²) in [5.41, 5.74) is 2.25. The number of aromatic nitrogens is 1. The Balaban J connectivity index is 1.65. The molecule has 2 aromatic carbocycles. The van der Waals surface area contributed by atoms with Crippen LogP contribution in [0.15, 0.2) is 60.0 Å². The Morgan fingerprint density at radius 3 is 2.62 bits per heavy atom. The molecule has 178 valence electrons. The summed E-state index contributed by atoms with van der Waals surface area (Å²) >= 11 is 1.34. The first-order valence-electron chi connectivity index (χ1n) is 11.0. The number of rotatable bonds is 10. The number of amides is 2. The topological polar surface area (TPSA) is 80.8 Å². The molecule has 1 N–H and O–H groups in total. The van der Waals surface area contributed by atoms with Crippen molar-refractivity contribution in [3.05, 3.63) is 71.2 Å². The number of carbonyl (C=O) groups is 2. The lowest BCUT2D eigenvalue weighted by Gasteiger charge is -2.17. The molecule has 1 heterocycles. The highest BCUT2D eigenvalue weighted by Crippen LogP contribution is 2.31. The summed E-state index contributed by atoms with van der Waals surface area (Å²) in [6, 6.07) is 14.7. The number of ether oxygens (including phenoxy) is 2. The summed E-state index contributed by atoms with van der Waals surface area (Å²) in [4.78, 5) is 30.7. The summed E-state index contributed by atoms with van der Waals surface area (Å²) in [7, 11) is 1.59. The first kappa shape index (κ1) is 25.0. The zero-order chi connectivity index (χ0) is 24.5. The smallest absolute Gasteiger partial charge is 0.244 e. The van der Waals surface area contributed by atoms with Gasteiger partial charge in [0, 0.05) is 18.4 Å². The second-order valence-electron chi connectivity index (χ2n) is 7.57. The van der Waals surface area contributed by atoms with Crippen LogP contribution in [0.25, 0.3) is 6.08 Å². The van der Waals surface area contributed by atoms with E-state index in [0.717, 1.165) is 17.7 Å². The second-order valence-corrected chi connectivity index (χ2v) is 8.40. The normalized spacial score (nSPS) is 11.8. The van der Waals surface area contributed by atoms with Crippen molar-refractivity contribution in [3.63, 3.8) is 0 Å². The van der Waals surface area contributed by atoms with Crippen molar-refractivity contribution in [3.8, 4) is 11.5 Å². The van der Waals surface area contributed by atoms with Crippen molar-refractivity contribution in [1.29, 1.82) is 0 Å². The summed E-state index contributed by atoms with van der Waals surface area (Å²) in [5, 5.41) is 5.30. The molecule has 8 heteroatoms. The molecule has 0 aliphatic heterocycles. The molecule has 0 bridgehead atoms. The molecular weight excluding hydrogens is 450 g/mol. The van der Waals surface area contributed by atoms with Crippen LogP contribution in [0.2, 0.25) is 0 Å². The van der Waals surface area contributed by atoms with Crippen molar-refractivity contribution in [2.45, 2.75) is 33.2 Å². The second kappa shape index (κ2) is 12.0. The van der Waals surface area contributed by atoms with Crippen LogP contribution in [-0.2, 0) is 9.59 Å². The van der Waals surface area contributed by atoms with Crippen molar-refractivity contribution in [1.82, 2.24) is 10.3 Å². The third-order valence-corrected chi connectivity index (χ3v) is 5.79. The Hall–Kier alpha value is -3.65. The number of hydrogen-bond donors (Lipinski definition) is 1. The summed E-state index contributed by atoms with van der Waals surface area (Å²) in [6.07, 6.45) is 3.97. The van der Waals surface area contributed by atoms with Crippen molar-refractivity contribution >= 4 is 40.0 Å². The van der Waals surface area contributed by atoms with Crippen LogP contribution in [0, 0.1) is 0 Å². The number of carbonyl (C=O) groups excluding carboxylic acids is 2. The van der Waals surface area contributed by atoms with E-state index in [4.69, 9.17) is 9.47 Å². The Morgan fingerprint density at radius 1 is 1.18 bits per heavy atom. The Morgan fingerprint density at radius 2 is 1.94 bits per heavy atom. The fourth-order valence-electron chi connectivity index (χ4n) is 3.25. The number of anilines is 2. The number of para-hydroxylation sites is 1. The summed E-state index contributed by atoms with van der Waals surface area (Å²) in [6.45, 7) is 6.05. The average Bonchev–Trinajstić information content (AvgIpc) is 3.30. The van der Waals surface area contributed by atoms with Gasteiger partial charge >= 0.3 is 0 Å². The van der Waals surface area contributed by atoms with Gasteiger partial charge in [-0.2, -0.15) is 0 Å². The highest BCUT2D eigenvalue weighted by Gasteiger charge is 2.17. The highest BCUT2D eigenvalue weighted by molar-refractivity contribution is 7.14. The lowest BCUT2D eigenvalue weighted by molar-refractivity contribution is -0.117. The lowest BCUT2D eigenvalue weighted by Crippen LogP contribution is -2.24. The zero-order valence-corrected chi connectivity index (χ0v) is 20.6. The molecule has 0 aliphatic carbocycles. The fraction of sp³-hybridized carbons (Fsp3) is 0.269.